The van der Waals surface area contributed by atoms with E-state index in [1.807, 2.05) is 41.3 Å². The van der Waals surface area contributed by atoms with E-state index in [9.17, 15) is 4.79 Å². The Bertz CT molecular complexity index is 825. The molecule has 136 valence electrons. The van der Waals surface area contributed by atoms with Crippen molar-refractivity contribution in [1.82, 2.24) is 14.8 Å². The third-order valence-corrected chi connectivity index (χ3v) is 6.16. The molecule has 4 heterocycles. The van der Waals surface area contributed by atoms with Gasteiger partial charge in [-0.2, -0.15) is 0 Å². The van der Waals surface area contributed by atoms with Crippen molar-refractivity contribution in [3.8, 4) is 0 Å². The number of nitrogens with zero attached hydrogens (tertiary/aromatic N) is 3. The number of para-hydroxylation sites is 1. The maximum absolute atomic E-state index is 12.8. The second-order valence-electron chi connectivity index (χ2n) is 8.00. The lowest BCUT2D eigenvalue weighted by Gasteiger charge is -2.47. The van der Waals surface area contributed by atoms with Crippen LogP contribution in [0.1, 0.15) is 36.2 Å². The van der Waals surface area contributed by atoms with Crippen LogP contribution in [0, 0.1) is 0 Å². The summed E-state index contributed by atoms with van der Waals surface area (Å²) in [4.78, 5) is 21.8. The van der Waals surface area contributed by atoms with Crippen molar-refractivity contribution in [2.24, 2.45) is 0 Å². The van der Waals surface area contributed by atoms with Crippen molar-refractivity contribution in [3.63, 3.8) is 0 Å². The van der Waals surface area contributed by atoms with Gasteiger partial charge in [-0.05, 0) is 44.5 Å². The molecule has 2 aromatic rings. The molecule has 0 aliphatic carbocycles. The smallest absolute Gasteiger partial charge is 0.272 e. The summed E-state index contributed by atoms with van der Waals surface area (Å²) in [7, 11) is 0. The molecule has 5 rings (SSSR count). The Morgan fingerprint density at radius 2 is 1.88 bits per heavy atom. The van der Waals surface area contributed by atoms with Gasteiger partial charge in [0, 0.05) is 11.4 Å². The Hall–Kier alpha value is -1.98. The number of benzene rings is 1. The number of piperidine rings is 1. The molecule has 0 N–H and O–H groups in total. The molecule has 3 fully saturated rings. The number of carbonyl (C=O) groups excluding carboxylic acids is 1. The van der Waals surface area contributed by atoms with E-state index in [-0.39, 0.29) is 11.5 Å². The van der Waals surface area contributed by atoms with E-state index >= 15 is 0 Å². The number of likely N-dealkylation sites (tertiary alicyclic amines) is 2. The van der Waals surface area contributed by atoms with Gasteiger partial charge < -0.3 is 9.64 Å². The van der Waals surface area contributed by atoms with E-state index in [2.05, 4.69) is 9.88 Å². The number of hydrogen-bond acceptors (Lipinski definition) is 4. The predicted molar refractivity (Wildman–Crippen MR) is 100 cm³/mol. The Kier molecular flexibility index (Phi) is 3.94. The molecule has 5 heteroatoms. The van der Waals surface area contributed by atoms with Crippen molar-refractivity contribution in [2.75, 3.05) is 32.8 Å². The van der Waals surface area contributed by atoms with Crippen LogP contribution in [-0.2, 0) is 4.74 Å². The lowest BCUT2D eigenvalue weighted by atomic mass is 9.88. The number of ether oxygens (including phenoxy) is 1. The summed E-state index contributed by atoms with van der Waals surface area (Å²) in [6.07, 6.45) is 5.03. The second kappa shape index (κ2) is 6.32. The number of amides is 1. The van der Waals surface area contributed by atoms with Crippen molar-refractivity contribution >= 4 is 16.8 Å². The van der Waals surface area contributed by atoms with Crippen LogP contribution in [0.5, 0.6) is 0 Å². The predicted octanol–water partition coefficient (Wildman–Crippen LogP) is 2.70. The summed E-state index contributed by atoms with van der Waals surface area (Å²) < 4.78 is 6.17. The van der Waals surface area contributed by atoms with Crippen LogP contribution in [-0.4, -0.2) is 65.1 Å². The molecule has 1 atom stereocenters. The first-order chi connectivity index (χ1) is 12.7. The second-order valence-corrected chi connectivity index (χ2v) is 8.00. The van der Waals surface area contributed by atoms with Gasteiger partial charge >= 0.3 is 0 Å². The zero-order chi connectivity index (χ0) is 17.6. The zero-order valence-electron chi connectivity index (χ0n) is 15.1. The van der Waals surface area contributed by atoms with E-state index in [1.54, 1.807) is 0 Å². The molecule has 1 amide bonds. The number of carbonyl (C=O) groups is 1. The Morgan fingerprint density at radius 3 is 2.73 bits per heavy atom. The van der Waals surface area contributed by atoms with Gasteiger partial charge in [0.25, 0.3) is 5.91 Å². The van der Waals surface area contributed by atoms with Crippen LogP contribution in [0.25, 0.3) is 10.9 Å². The van der Waals surface area contributed by atoms with E-state index in [0.717, 1.165) is 23.9 Å². The van der Waals surface area contributed by atoms with Gasteiger partial charge in [0.05, 0.1) is 25.2 Å². The molecule has 0 saturated carbocycles. The number of hydrogen-bond donors (Lipinski definition) is 0. The molecule has 5 nitrogen and oxygen atoms in total. The summed E-state index contributed by atoms with van der Waals surface area (Å²) in [5, 5.41) is 1.06. The Balaban J connectivity index is 1.24. The van der Waals surface area contributed by atoms with E-state index < -0.39 is 0 Å². The van der Waals surface area contributed by atoms with Crippen LogP contribution < -0.4 is 0 Å². The first-order valence-electron chi connectivity index (χ1n) is 9.76. The third-order valence-electron chi connectivity index (χ3n) is 6.16. The molecular formula is C21H25N3O2. The highest BCUT2D eigenvalue weighted by Gasteiger charge is 2.52. The molecule has 0 bridgehead atoms. The molecule has 3 saturated heterocycles. The molecule has 1 aromatic heterocycles. The van der Waals surface area contributed by atoms with Gasteiger partial charge in [-0.15, -0.1) is 0 Å². The minimum atomic E-state index is -0.116. The van der Waals surface area contributed by atoms with Gasteiger partial charge in [-0.3, -0.25) is 9.69 Å². The largest absolute Gasteiger partial charge is 0.370 e. The molecular weight excluding hydrogens is 326 g/mol. The average molecular weight is 351 g/mol. The quantitative estimate of drug-likeness (QED) is 0.835. The van der Waals surface area contributed by atoms with Crippen LogP contribution >= 0.6 is 0 Å². The lowest BCUT2D eigenvalue weighted by molar-refractivity contribution is -0.0952. The summed E-state index contributed by atoms with van der Waals surface area (Å²) in [5.74, 6) is 0.0198. The summed E-state index contributed by atoms with van der Waals surface area (Å²) in [6, 6.07) is 12.3. The Morgan fingerprint density at radius 1 is 1.08 bits per heavy atom. The highest BCUT2D eigenvalue weighted by atomic mass is 16.5. The van der Waals surface area contributed by atoms with Crippen molar-refractivity contribution < 1.29 is 9.53 Å². The topological polar surface area (TPSA) is 45.7 Å². The standard InChI is InChI=1S/C21H25N3O2/c25-20(19-9-8-16-6-2-3-7-18(16)22-19)24-14-21(15-24)12-17(13-26-21)23-10-4-1-5-11-23/h2-3,6-9,17H,1,4-5,10-15H2. The number of rotatable bonds is 2. The monoisotopic (exact) mass is 351 g/mol. The molecule has 1 aromatic carbocycles. The molecule has 0 radical (unpaired) electrons. The van der Waals surface area contributed by atoms with Crippen molar-refractivity contribution in [3.05, 3.63) is 42.1 Å². The summed E-state index contributed by atoms with van der Waals surface area (Å²) in [6.45, 7) is 4.62. The van der Waals surface area contributed by atoms with Crippen LogP contribution in [0.2, 0.25) is 0 Å². The van der Waals surface area contributed by atoms with Crippen molar-refractivity contribution in [1.29, 1.82) is 0 Å². The van der Waals surface area contributed by atoms with Crippen LogP contribution in [0.3, 0.4) is 0 Å². The maximum atomic E-state index is 12.8. The third kappa shape index (κ3) is 2.79. The fourth-order valence-electron chi connectivity index (χ4n) is 4.70. The van der Waals surface area contributed by atoms with Gasteiger partial charge in [-0.1, -0.05) is 30.7 Å². The average Bonchev–Trinajstić information content (AvgIpc) is 3.12. The fourth-order valence-corrected chi connectivity index (χ4v) is 4.70. The molecule has 3 aliphatic heterocycles. The first-order valence-corrected chi connectivity index (χ1v) is 9.76. The lowest BCUT2D eigenvalue weighted by Crippen LogP contribution is -2.63. The van der Waals surface area contributed by atoms with Crippen LogP contribution in [0.4, 0.5) is 0 Å². The molecule has 1 unspecified atom stereocenters. The maximum Gasteiger partial charge on any atom is 0.272 e. The van der Waals surface area contributed by atoms with Crippen LogP contribution in [0.15, 0.2) is 36.4 Å². The minimum Gasteiger partial charge on any atom is -0.370 e. The van der Waals surface area contributed by atoms with Gasteiger partial charge in [0.15, 0.2) is 0 Å². The highest BCUT2D eigenvalue weighted by Crippen LogP contribution is 2.38. The summed E-state index contributed by atoms with van der Waals surface area (Å²) >= 11 is 0. The van der Waals surface area contributed by atoms with Gasteiger partial charge in [-0.25, -0.2) is 4.98 Å². The van der Waals surface area contributed by atoms with E-state index in [0.29, 0.717) is 24.8 Å². The normalized spacial score (nSPS) is 25.5. The molecule has 1 spiro atoms. The SMILES string of the molecule is O=C(c1ccc2ccccc2n1)N1CC2(CC(N3CCCCC3)CO2)C1. The molecule has 3 aliphatic rings. The fraction of sp³-hybridized carbons (Fsp3) is 0.524. The van der Waals surface area contributed by atoms with Crippen molar-refractivity contribution in [2.45, 2.75) is 37.3 Å². The first kappa shape index (κ1) is 16.2. The molecule has 26 heavy (non-hydrogen) atoms. The number of fused-ring (bicyclic) bond motifs is 1. The minimum absolute atomic E-state index is 0.0198. The zero-order valence-corrected chi connectivity index (χ0v) is 15.1. The summed E-state index contributed by atoms with van der Waals surface area (Å²) in [5.41, 5.74) is 1.29. The number of aromatic nitrogens is 1. The van der Waals surface area contributed by atoms with Gasteiger partial charge in [0.2, 0.25) is 0 Å². The van der Waals surface area contributed by atoms with E-state index in [1.165, 1.54) is 32.4 Å². The number of pyridine rings is 1. The Labute approximate surface area is 153 Å². The van der Waals surface area contributed by atoms with Gasteiger partial charge in [0.1, 0.15) is 11.3 Å². The van der Waals surface area contributed by atoms with E-state index in [4.69, 9.17) is 4.74 Å². The highest BCUT2D eigenvalue weighted by molar-refractivity contribution is 5.95.